The minimum atomic E-state index is -0.378. The van der Waals surface area contributed by atoms with E-state index in [2.05, 4.69) is 5.32 Å². The minimum Gasteiger partial charge on any atom is -0.496 e. The van der Waals surface area contributed by atoms with Crippen LogP contribution in [-0.4, -0.2) is 49.6 Å². The number of hydrogen-bond donors (Lipinski definition) is 1. The van der Waals surface area contributed by atoms with E-state index in [0.717, 1.165) is 24.8 Å². The fourth-order valence-corrected chi connectivity index (χ4v) is 3.18. The van der Waals surface area contributed by atoms with Gasteiger partial charge in [0.25, 0.3) is 5.91 Å². The van der Waals surface area contributed by atoms with Crippen molar-refractivity contribution in [2.45, 2.75) is 44.7 Å². The Morgan fingerprint density at radius 1 is 1.12 bits per heavy atom. The number of nitrogens with one attached hydrogen (secondary N) is 1. The van der Waals surface area contributed by atoms with Gasteiger partial charge in [0, 0.05) is 23.7 Å². The van der Waals surface area contributed by atoms with E-state index >= 15 is 0 Å². The van der Waals surface area contributed by atoms with Gasteiger partial charge in [-0.1, -0.05) is 0 Å². The number of methoxy groups -OCH3 is 2. The summed E-state index contributed by atoms with van der Waals surface area (Å²) < 4.78 is 10.7. The number of carbonyl (C=O) groups excluding carboxylic acids is 2. The summed E-state index contributed by atoms with van der Waals surface area (Å²) in [5, 5.41) is 3.00. The Morgan fingerprint density at radius 2 is 1.75 bits per heavy atom. The second-order valence-electron chi connectivity index (χ2n) is 6.45. The van der Waals surface area contributed by atoms with E-state index in [1.807, 2.05) is 6.92 Å². The first kappa shape index (κ1) is 16.6. The van der Waals surface area contributed by atoms with Crippen molar-refractivity contribution in [1.29, 1.82) is 0 Å². The van der Waals surface area contributed by atoms with Crippen LogP contribution in [0, 0.1) is 6.92 Å². The van der Waals surface area contributed by atoms with Crippen molar-refractivity contribution in [3.05, 3.63) is 23.3 Å². The fraction of sp³-hybridized carbons (Fsp3) is 0.556. The van der Waals surface area contributed by atoms with Gasteiger partial charge in [0.1, 0.15) is 17.5 Å². The van der Waals surface area contributed by atoms with Gasteiger partial charge in [-0.05, 0) is 44.7 Å². The van der Waals surface area contributed by atoms with E-state index < -0.39 is 0 Å². The first-order valence-corrected chi connectivity index (χ1v) is 8.39. The third-order valence-electron chi connectivity index (χ3n) is 4.74. The molecular formula is C18H24N2O4. The van der Waals surface area contributed by atoms with Crippen LogP contribution >= 0.6 is 0 Å². The molecule has 1 N–H and O–H groups in total. The molecule has 24 heavy (non-hydrogen) atoms. The maximum absolute atomic E-state index is 12.9. The van der Waals surface area contributed by atoms with E-state index in [1.54, 1.807) is 31.3 Å². The van der Waals surface area contributed by atoms with Crippen LogP contribution in [0.1, 0.15) is 41.6 Å². The molecule has 1 aliphatic carbocycles. The van der Waals surface area contributed by atoms with Gasteiger partial charge in [0.2, 0.25) is 5.91 Å². The van der Waals surface area contributed by atoms with Crippen molar-refractivity contribution >= 4 is 11.8 Å². The second kappa shape index (κ2) is 6.71. The molecule has 1 aliphatic heterocycles. The number of rotatable bonds is 5. The fourth-order valence-electron chi connectivity index (χ4n) is 3.18. The highest BCUT2D eigenvalue weighted by Crippen LogP contribution is 2.31. The van der Waals surface area contributed by atoms with Crippen LogP contribution in [-0.2, 0) is 4.79 Å². The number of benzene rings is 1. The van der Waals surface area contributed by atoms with Crippen LogP contribution in [0.4, 0.5) is 0 Å². The van der Waals surface area contributed by atoms with E-state index in [9.17, 15) is 9.59 Å². The molecule has 1 heterocycles. The van der Waals surface area contributed by atoms with E-state index in [-0.39, 0.29) is 17.9 Å². The van der Waals surface area contributed by atoms with Gasteiger partial charge in [-0.3, -0.25) is 9.59 Å². The summed E-state index contributed by atoms with van der Waals surface area (Å²) in [6.07, 6.45) is 3.64. The molecule has 1 aromatic carbocycles. The van der Waals surface area contributed by atoms with Gasteiger partial charge < -0.3 is 19.7 Å². The summed E-state index contributed by atoms with van der Waals surface area (Å²) in [6.45, 7) is 2.48. The lowest BCUT2D eigenvalue weighted by atomic mass is 10.1. The normalized spacial score (nSPS) is 20.0. The average Bonchev–Trinajstić information content (AvgIpc) is 3.26. The maximum atomic E-state index is 12.9. The Bertz CT molecular complexity index is 629. The molecule has 6 nitrogen and oxygen atoms in total. The zero-order chi connectivity index (χ0) is 17.3. The lowest BCUT2D eigenvalue weighted by Crippen LogP contribution is -2.46. The van der Waals surface area contributed by atoms with Crippen molar-refractivity contribution in [3.8, 4) is 11.5 Å². The molecule has 0 unspecified atom stereocenters. The van der Waals surface area contributed by atoms with E-state index in [4.69, 9.17) is 9.47 Å². The minimum absolute atomic E-state index is 0.0330. The van der Waals surface area contributed by atoms with E-state index in [0.29, 0.717) is 36.1 Å². The Kier molecular flexibility index (Phi) is 4.64. The molecule has 3 rings (SSSR count). The molecule has 6 heteroatoms. The van der Waals surface area contributed by atoms with Gasteiger partial charge in [0.15, 0.2) is 0 Å². The molecule has 1 saturated carbocycles. The quantitative estimate of drug-likeness (QED) is 0.894. The van der Waals surface area contributed by atoms with Crippen molar-refractivity contribution in [3.63, 3.8) is 0 Å². The molecule has 2 aliphatic rings. The maximum Gasteiger partial charge on any atom is 0.254 e. The molecule has 0 aromatic heterocycles. The summed E-state index contributed by atoms with van der Waals surface area (Å²) >= 11 is 0. The summed E-state index contributed by atoms with van der Waals surface area (Å²) in [5.41, 5.74) is 1.33. The average molecular weight is 332 g/mol. The lowest BCUT2D eigenvalue weighted by Gasteiger charge is -2.24. The Balaban J connectivity index is 1.83. The largest absolute Gasteiger partial charge is 0.496 e. The zero-order valence-corrected chi connectivity index (χ0v) is 14.4. The van der Waals surface area contributed by atoms with Crippen molar-refractivity contribution in [2.75, 3.05) is 20.8 Å². The predicted octanol–water partition coefficient (Wildman–Crippen LogP) is 1.90. The molecule has 2 amide bonds. The third kappa shape index (κ3) is 3.18. The molecular weight excluding hydrogens is 308 g/mol. The van der Waals surface area contributed by atoms with Crippen molar-refractivity contribution < 1.29 is 19.1 Å². The molecule has 1 atom stereocenters. The van der Waals surface area contributed by atoms with Gasteiger partial charge in [0.05, 0.1) is 14.2 Å². The van der Waals surface area contributed by atoms with Crippen LogP contribution in [0.25, 0.3) is 0 Å². The second-order valence-corrected chi connectivity index (χ2v) is 6.45. The number of amides is 2. The summed E-state index contributed by atoms with van der Waals surface area (Å²) in [5.74, 6) is 1.03. The van der Waals surface area contributed by atoms with Gasteiger partial charge >= 0.3 is 0 Å². The molecule has 1 saturated heterocycles. The topological polar surface area (TPSA) is 67.9 Å². The number of hydrogen-bond acceptors (Lipinski definition) is 4. The van der Waals surface area contributed by atoms with E-state index in [1.165, 1.54) is 0 Å². The predicted molar refractivity (Wildman–Crippen MR) is 89.5 cm³/mol. The molecule has 130 valence electrons. The molecule has 2 fully saturated rings. The third-order valence-corrected chi connectivity index (χ3v) is 4.74. The standard InChI is InChI=1S/C18H24N2O4/c1-11-15(23-2)9-12(10-16(11)24-3)18(22)20-8-4-5-14(20)17(21)19-13-6-7-13/h9-10,13-14H,4-8H2,1-3H3,(H,19,21)/t14-/m1/s1. The number of ether oxygens (including phenoxy) is 2. The Labute approximate surface area is 142 Å². The molecule has 0 radical (unpaired) electrons. The summed E-state index contributed by atoms with van der Waals surface area (Å²) in [7, 11) is 3.13. The highest BCUT2D eigenvalue weighted by atomic mass is 16.5. The monoisotopic (exact) mass is 332 g/mol. The van der Waals surface area contributed by atoms with Gasteiger partial charge in [-0.2, -0.15) is 0 Å². The van der Waals surface area contributed by atoms with Gasteiger partial charge in [-0.15, -0.1) is 0 Å². The smallest absolute Gasteiger partial charge is 0.254 e. The van der Waals surface area contributed by atoms with Gasteiger partial charge in [-0.25, -0.2) is 0 Å². The molecule has 1 aromatic rings. The van der Waals surface area contributed by atoms with Crippen LogP contribution in [0.15, 0.2) is 12.1 Å². The highest BCUT2D eigenvalue weighted by molar-refractivity contribution is 5.98. The zero-order valence-electron chi connectivity index (χ0n) is 14.4. The number of likely N-dealkylation sites (tertiary alicyclic amines) is 1. The number of carbonyl (C=O) groups is 2. The Morgan fingerprint density at radius 3 is 2.29 bits per heavy atom. The van der Waals surface area contributed by atoms with Crippen molar-refractivity contribution in [2.24, 2.45) is 0 Å². The van der Waals surface area contributed by atoms with Crippen LogP contribution in [0.5, 0.6) is 11.5 Å². The summed E-state index contributed by atoms with van der Waals surface area (Å²) in [4.78, 5) is 27.0. The number of nitrogens with zero attached hydrogens (tertiary/aromatic N) is 1. The van der Waals surface area contributed by atoms with Crippen molar-refractivity contribution in [1.82, 2.24) is 10.2 Å². The lowest BCUT2D eigenvalue weighted by molar-refractivity contribution is -0.125. The van der Waals surface area contributed by atoms with Crippen LogP contribution < -0.4 is 14.8 Å². The molecule has 0 spiro atoms. The Hall–Kier alpha value is -2.24. The molecule has 0 bridgehead atoms. The van der Waals surface area contributed by atoms with Crippen LogP contribution in [0.2, 0.25) is 0 Å². The SMILES string of the molecule is COc1cc(C(=O)N2CCC[C@@H]2C(=O)NC2CC2)cc(OC)c1C. The highest BCUT2D eigenvalue weighted by Gasteiger charge is 2.37. The summed E-state index contributed by atoms with van der Waals surface area (Å²) in [6, 6.07) is 3.36. The first-order valence-electron chi connectivity index (χ1n) is 8.39. The first-order chi connectivity index (χ1) is 11.5. The van der Waals surface area contributed by atoms with Crippen LogP contribution in [0.3, 0.4) is 0 Å².